The van der Waals surface area contributed by atoms with Gasteiger partial charge in [0.15, 0.2) is 0 Å². The van der Waals surface area contributed by atoms with Crippen molar-refractivity contribution in [3.8, 4) is 0 Å². The average Bonchev–Trinajstić information content (AvgIpc) is 2.02. The third-order valence-electron chi connectivity index (χ3n) is 2.37. The number of rotatable bonds is 3. The second kappa shape index (κ2) is 4.57. The Kier molecular flexibility index (Phi) is 3.88. The number of likely N-dealkylation sites (N-methyl/N-ethyl adjacent to an activating group) is 2. The standard InChI is InChI=1S/C8H18N2O3S/c1-9-4-5-13-8(6-9)7-10(2)14(3,11)12/h8H,4-7H2,1-3H3. The van der Waals surface area contributed by atoms with Crippen LogP contribution in [0.2, 0.25) is 0 Å². The lowest BCUT2D eigenvalue weighted by Gasteiger charge is -2.31. The van der Waals surface area contributed by atoms with Crippen LogP contribution in [0, 0.1) is 0 Å². The molecule has 0 N–H and O–H groups in total. The summed E-state index contributed by atoms with van der Waals surface area (Å²) in [4.78, 5) is 2.14. The molecule has 1 aliphatic heterocycles. The number of ether oxygens (including phenoxy) is 1. The Balaban J connectivity index is 2.44. The molecule has 0 aromatic rings. The van der Waals surface area contributed by atoms with Crippen LogP contribution in [-0.2, 0) is 14.8 Å². The molecule has 1 heterocycles. The van der Waals surface area contributed by atoms with Crippen molar-refractivity contribution >= 4 is 10.0 Å². The third-order valence-corrected chi connectivity index (χ3v) is 3.65. The third kappa shape index (κ3) is 3.53. The van der Waals surface area contributed by atoms with Gasteiger partial charge in [-0.05, 0) is 7.05 Å². The summed E-state index contributed by atoms with van der Waals surface area (Å²) >= 11 is 0. The highest BCUT2D eigenvalue weighted by molar-refractivity contribution is 7.88. The van der Waals surface area contributed by atoms with E-state index in [2.05, 4.69) is 4.90 Å². The van der Waals surface area contributed by atoms with Crippen LogP contribution in [0.5, 0.6) is 0 Å². The smallest absolute Gasteiger partial charge is 0.211 e. The first-order valence-electron chi connectivity index (χ1n) is 4.61. The fraction of sp³-hybridized carbons (Fsp3) is 1.00. The van der Waals surface area contributed by atoms with Gasteiger partial charge < -0.3 is 9.64 Å². The average molecular weight is 222 g/mol. The summed E-state index contributed by atoms with van der Waals surface area (Å²) in [6, 6.07) is 0. The summed E-state index contributed by atoms with van der Waals surface area (Å²) in [6.07, 6.45) is 1.20. The zero-order valence-corrected chi connectivity index (χ0v) is 9.75. The maximum absolute atomic E-state index is 11.1. The molecule has 0 radical (unpaired) electrons. The van der Waals surface area contributed by atoms with Gasteiger partial charge in [-0.15, -0.1) is 0 Å². The van der Waals surface area contributed by atoms with E-state index in [9.17, 15) is 8.42 Å². The second-order valence-electron chi connectivity index (χ2n) is 3.80. The zero-order valence-electron chi connectivity index (χ0n) is 8.93. The highest BCUT2D eigenvalue weighted by atomic mass is 32.2. The molecule has 1 fully saturated rings. The normalized spacial score (nSPS) is 25.6. The SMILES string of the molecule is CN1CCOC(CN(C)S(C)(=O)=O)C1. The van der Waals surface area contributed by atoms with Gasteiger partial charge in [0.1, 0.15) is 0 Å². The van der Waals surface area contributed by atoms with E-state index in [4.69, 9.17) is 4.74 Å². The molecule has 84 valence electrons. The van der Waals surface area contributed by atoms with Crippen LogP contribution in [0.25, 0.3) is 0 Å². The molecule has 6 heteroatoms. The van der Waals surface area contributed by atoms with E-state index in [0.717, 1.165) is 13.1 Å². The van der Waals surface area contributed by atoms with Gasteiger partial charge >= 0.3 is 0 Å². The van der Waals surface area contributed by atoms with Crippen LogP contribution >= 0.6 is 0 Å². The van der Waals surface area contributed by atoms with E-state index >= 15 is 0 Å². The summed E-state index contributed by atoms with van der Waals surface area (Å²) in [7, 11) is 0.502. The van der Waals surface area contributed by atoms with Crippen molar-refractivity contribution in [1.29, 1.82) is 0 Å². The monoisotopic (exact) mass is 222 g/mol. The van der Waals surface area contributed by atoms with Crippen LogP contribution in [0.4, 0.5) is 0 Å². The van der Waals surface area contributed by atoms with Crippen LogP contribution in [0.3, 0.4) is 0 Å². The predicted molar refractivity (Wildman–Crippen MR) is 54.7 cm³/mol. The molecule has 1 unspecified atom stereocenters. The van der Waals surface area contributed by atoms with Crippen LogP contribution < -0.4 is 0 Å². The lowest BCUT2D eigenvalue weighted by Crippen LogP contribution is -2.46. The van der Waals surface area contributed by atoms with Gasteiger partial charge in [-0.3, -0.25) is 0 Å². The highest BCUT2D eigenvalue weighted by Crippen LogP contribution is 2.06. The van der Waals surface area contributed by atoms with Crippen molar-refractivity contribution in [2.45, 2.75) is 6.10 Å². The Morgan fingerprint density at radius 2 is 2.21 bits per heavy atom. The largest absolute Gasteiger partial charge is 0.374 e. The first-order chi connectivity index (χ1) is 6.39. The minimum absolute atomic E-state index is 0.00604. The van der Waals surface area contributed by atoms with Gasteiger partial charge in [0, 0.05) is 26.7 Å². The molecular formula is C8H18N2O3S. The van der Waals surface area contributed by atoms with Gasteiger partial charge in [-0.1, -0.05) is 0 Å². The van der Waals surface area contributed by atoms with E-state index < -0.39 is 10.0 Å². The molecule has 0 bridgehead atoms. The van der Waals surface area contributed by atoms with Crippen molar-refractivity contribution in [3.63, 3.8) is 0 Å². The van der Waals surface area contributed by atoms with Crippen molar-refractivity contribution in [2.75, 3.05) is 46.6 Å². The number of morpholine rings is 1. The Labute approximate surface area is 85.7 Å². The van der Waals surface area contributed by atoms with E-state index in [0.29, 0.717) is 13.2 Å². The summed E-state index contributed by atoms with van der Waals surface area (Å²) in [5, 5.41) is 0. The molecule has 0 aromatic carbocycles. The maximum atomic E-state index is 11.1. The molecule has 0 amide bonds. The van der Waals surface area contributed by atoms with Gasteiger partial charge in [-0.25, -0.2) is 12.7 Å². The van der Waals surface area contributed by atoms with Crippen LogP contribution in [-0.4, -0.2) is 70.3 Å². The molecule has 0 saturated carbocycles. The van der Waals surface area contributed by atoms with Crippen molar-refractivity contribution in [2.24, 2.45) is 0 Å². The minimum atomic E-state index is -3.08. The number of hydrogen-bond acceptors (Lipinski definition) is 4. The first-order valence-corrected chi connectivity index (χ1v) is 6.46. The zero-order chi connectivity index (χ0) is 10.8. The molecule has 5 nitrogen and oxygen atoms in total. The molecule has 1 atom stereocenters. The van der Waals surface area contributed by atoms with Crippen molar-refractivity contribution in [3.05, 3.63) is 0 Å². The highest BCUT2D eigenvalue weighted by Gasteiger charge is 2.22. The van der Waals surface area contributed by atoms with E-state index in [1.54, 1.807) is 7.05 Å². The van der Waals surface area contributed by atoms with Crippen LogP contribution in [0.15, 0.2) is 0 Å². The van der Waals surface area contributed by atoms with Crippen LogP contribution in [0.1, 0.15) is 0 Å². The number of sulfonamides is 1. The molecular weight excluding hydrogens is 204 g/mol. The van der Waals surface area contributed by atoms with Crippen molar-refractivity contribution < 1.29 is 13.2 Å². The summed E-state index contributed by atoms with van der Waals surface area (Å²) in [6.45, 7) is 2.82. The summed E-state index contributed by atoms with van der Waals surface area (Å²) < 4.78 is 29.1. The minimum Gasteiger partial charge on any atom is -0.374 e. The lowest BCUT2D eigenvalue weighted by molar-refractivity contribution is -0.0247. The molecule has 1 aliphatic rings. The molecule has 14 heavy (non-hydrogen) atoms. The van der Waals surface area contributed by atoms with Gasteiger partial charge in [0.2, 0.25) is 10.0 Å². The second-order valence-corrected chi connectivity index (χ2v) is 5.89. The van der Waals surface area contributed by atoms with Gasteiger partial charge in [0.05, 0.1) is 19.0 Å². The van der Waals surface area contributed by atoms with E-state index in [1.165, 1.54) is 10.6 Å². The van der Waals surface area contributed by atoms with E-state index in [-0.39, 0.29) is 6.10 Å². The quantitative estimate of drug-likeness (QED) is 0.628. The molecule has 1 saturated heterocycles. The molecule has 1 rings (SSSR count). The first kappa shape index (κ1) is 11.9. The summed E-state index contributed by atoms with van der Waals surface area (Å²) in [5.74, 6) is 0. The van der Waals surface area contributed by atoms with Gasteiger partial charge in [0.25, 0.3) is 0 Å². The predicted octanol–water partition coefficient (Wildman–Crippen LogP) is -0.792. The maximum Gasteiger partial charge on any atom is 0.211 e. The van der Waals surface area contributed by atoms with Crippen molar-refractivity contribution in [1.82, 2.24) is 9.21 Å². The Hall–Kier alpha value is -0.170. The number of hydrogen-bond donors (Lipinski definition) is 0. The fourth-order valence-electron chi connectivity index (χ4n) is 1.40. The Morgan fingerprint density at radius 3 is 2.71 bits per heavy atom. The molecule has 0 aromatic heterocycles. The van der Waals surface area contributed by atoms with Gasteiger partial charge in [-0.2, -0.15) is 0 Å². The Morgan fingerprint density at radius 1 is 1.57 bits per heavy atom. The topological polar surface area (TPSA) is 49.9 Å². The lowest BCUT2D eigenvalue weighted by atomic mass is 10.3. The Bertz CT molecular complexity index is 278. The van der Waals surface area contributed by atoms with E-state index in [1.807, 2.05) is 7.05 Å². The fourth-order valence-corrected chi connectivity index (χ4v) is 1.84. The molecule has 0 spiro atoms. The molecule has 0 aliphatic carbocycles. The number of nitrogens with zero attached hydrogens (tertiary/aromatic N) is 2. The summed E-state index contributed by atoms with van der Waals surface area (Å²) in [5.41, 5.74) is 0.